The summed E-state index contributed by atoms with van der Waals surface area (Å²) in [6.07, 6.45) is 5.43. The van der Waals surface area contributed by atoms with E-state index in [1.165, 1.54) is 0 Å². The predicted octanol–water partition coefficient (Wildman–Crippen LogP) is 1.17. The van der Waals surface area contributed by atoms with E-state index >= 15 is 0 Å². The van der Waals surface area contributed by atoms with Crippen LogP contribution in [0.4, 0.5) is 4.79 Å². The molecule has 2 amide bonds. The number of carbonyl (C=O) groups is 2. The molecule has 6 heteroatoms. The predicted molar refractivity (Wildman–Crippen MR) is 75.6 cm³/mol. The number of carboxylic acids is 1. The molecule has 0 aromatic carbocycles. The topological polar surface area (TPSA) is 81.7 Å². The van der Waals surface area contributed by atoms with Gasteiger partial charge in [-0.15, -0.1) is 0 Å². The standard InChI is InChI=1S/C14H25N3O3/c1-17-8-4-11(5-9-17)15-13(20)16-14(10-12(18)19)6-2-3-7-14/h11H,2-10H2,1H3,(H,18,19)(H2,15,16,20). The van der Waals surface area contributed by atoms with Crippen molar-refractivity contribution in [1.29, 1.82) is 0 Å². The SMILES string of the molecule is CN1CCC(NC(=O)NC2(CC(=O)O)CCCC2)CC1. The molecule has 1 saturated carbocycles. The van der Waals surface area contributed by atoms with Crippen molar-refractivity contribution < 1.29 is 14.7 Å². The number of nitrogens with one attached hydrogen (secondary N) is 2. The normalized spacial score (nSPS) is 23.4. The molecule has 6 nitrogen and oxygen atoms in total. The summed E-state index contributed by atoms with van der Waals surface area (Å²) in [5.74, 6) is -0.841. The Balaban J connectivity index is 1.84. The number of nitrogens with zero attached hydrogens (tertiary/aromatic N) is 1. The molecule has 0 aromatic rings. The molecule has 1 heterocycles. The Hall–Kier alpha value is -1.30. The van der Waals surface area contributed by atoms with Crippen molar-refractivity contribution in [1.82, 2.24) is 15.5 Å². The van der Waals surface area contributed by atoms with E-state index in [2.05, 4.69) is 22.6 Å². The average molecular weight is 283 g/mol. The lowest BCUT2D eigenvalue weighted by Crippen LogP contribution is -2.54. The fraction of sp³-hybridized carbons (Fsp3) is 0.857. The molecule has 0 radical (unpaired) electrons. The van der Waals surface area contributed by atoms with Crippen molar-refractivity contribution >= 4 is 12.0 Å². The van der Waals surface area contributed by atoms with E-state index in [1.54, 1.807) is 0 Å². The minimum Gasteiger partial charge on any atom is -0.481 e. The van der Waals surface area contributed by atoms with Crippen LogP contribution >= 0.6 is 0 Å². The number of aliphatic carboxylic acids is 1. The summed E-state index contributed by atoms with van der Waals surface area (Å²) in [6, 6.07) is -0.00261. The summed E-state index contributed by atoms with van der Waals surface area (Å²) >= 11 is 0. The first kappa shape index (κ1) is 15.1. The second-order valence-corrected chi connectivity index (χ2v) is 6.23. The summed E-state index contributed by atoms with van der Waals surface area (Å²) < 4.78 is 0. The van der Waals surface area contributed by atoms with Gasteiger partial charge >= 0.3 is 12.0 Å². The molecule has 1 aliphatic heterocycles. The van der Waals surface area contributed by atoms with Gasteiger partial charge in [-0.1, -0.05) is 12.8 Å². The highest BCUT2D eigenvalue weighted by atomic mass is 16.4. The Bertz CT molecular complexity index is 359. The molecular formula is C14H25N3O3. The van der Waals surface area contributed by atoms with Crippen LogP contribution in [-0.2, 0) is 4.79 Å². The molecule has 0 atom stereocenters. The van der Waals surface area contributed by atoms with Crippen LogP contribution in [0.3, 0.4) is 0 Å². The van der Waals surface area contributed by atoms with Gasteiger partial charge in [0.05, 0.1) is 12.0 Å². The van der Waals surface area contributed by atoms with Crippen molar-refractivity contribution in [3.8, 4) is 0 Å². The van der Waals surface area contributed by atoms with Crippen LogP contribution < -0.4 is 10.6 Å². The van der Waals surface area contributed by atoms with Gasteiger partial charge in [0.15, 0.2) is 0 Å². The third-order valence-corrected chi connectivity index (χ3v) is 4.48. The van der Waals surface area contributed by atoms with Crippen LogP contribution in [0.1, 0.15) is 44.9 Å². The average Bonchev–Trinajstić information content (AvgIpc) is 2.79. The van der Waals surface area contributed by atoms with Gasteiger partial charge in [0, 0.05) is 6.04 Å². The zero-order valence-corrected chi connectivity index (χ0v) is 12.2. The smallest absolute Gasteiger partial charge is 0.315 e. The maximum atomic E-state index is 12.1. The number of amides is 2. The summed E-state index contributed by atoms with van der Waals surface area (Å²) in [5.41, 5.74) is -0.540. The zero-order valence-electron chi connectivity index (χ0n) is 12.2. The van der Waals surface area contributed by atoms with Crippen molar-refractivity contribution in [2.24, 2.45) is 0 Å². The number of piperidine rings is 1. The lowest BCUT2D eigenvalue weighted by molar-refractivity contribution is -0.138. The van der Waals surface area contributed by atoms with Crippen LogP contribution in [0.2, 0.25) is 0 Å². The molecule has 0 unspecified atom stereocenters. The second kappa shape index (κ2) is 6.43. The molecule has 0 bridgehead atoms. The third-order valence-electron chi connectivity index (χ3n) is 4.48. The zero-order chi connectivity index (χ0) is 14.6. The highest BCUT2D eigenvalue weighted by Gasteiger charge is 2.37. The summed E-state index contributed by atoms with van der Waals surface area (Å²) in [5, 5.41) is 15.0. The van der Waals surface area contributed by atoms with E-state index in [-0.39, 0.29) is 18.5 Å². The van der Waals surface area contributed by atoms with Gasteiger partial charge in [0.1, 0.15) is 0 Å². The number of carbonyl (C=O) groups excluding carboxylic acids is 1. The number of likely N-dealkylation sites (tertiary alicyclic amines) is 1. The van der Waals surface area contributed by atoms with E-state index in [1.807, 2.05) is 0 Å². The fourth-order valence-corrected chi connectivity index (χ4v) is 3.30. The Labute approximate surface area is 119 Å². The number of hydrogen-bond donors (Lipinski definition) is 3. The molecule has 20 heavy (non-hydrogen) atoms. The molecule has 114 valence electrons. The van der Waals surface area contributed by atoms with Crippen LogP contribution in [0, 0.1) is 0 Å². The van der Waals surface area contributed by atoms with Crippen molar-refractivity contribution in [2.45, 2.75) is 56.5 Å². The Morgan fingerprint density at radius 1 is 1.25 bits per heavy atom. The largest absolute Gasteiger partial charge is 0.481 e. The first-order chi connectivity index (χ1) is 9.49. The van der Waals surface area contributed by atoms with Gasteiger partial charge in [-0.3, -0.25) is 4.79 Å². The van der Waals surface area contributed by atoms with Crippen molar-refractivity contribution in [2.75, 3.05) is 20.1 Å². The Kier molecular flexibility index (Phi) is 4.86. The quantitative estimate of drug-likeness (QED) is 0.723. The lowest BCUT2D eigenvalue weighted by Gasteiger charge is -2.32. The van der Waals surface area contributed by atoms with Crippen LogP contribution in [0.15, 0.2) is 0 Å². The number of urea groups is 1. The summed E-state index contributed by atoms with van der Waals surface area (Å²) in [4.78, 5) is 25.3. The van der Waals surface area contributed by atoms with Crippen LogP contribution in [-0.4, -0.2) is 53.7 Å². The first-order valence-corrected chi connectivity index (χ1v) is 7.48. The Morgan fingerprint density at radius 3 is 2.40 bits per heavy atom. The molecular weight excluding hydrogens is 258 g/mol. The minimum absolute atomic E-state index is 0.0217. The van der Waals surface area contributed by atoms with Gasteiger partial charge in [-0.2, -0.15) is 0 Å². The van der Waals surface area contributed by atoms with Gasteiger partial charge in [0.2, 0.25) is 0 Å². The first-order valence-electron chi connectivity index (χ1n) is 7.48. The van der Waals surface area contributed by atoms with Crippen molar-refractivity contribution in [3.05, 3.63) is 0 Å². The van der Waals surface area contributed by atoms with E-state index < -0.39 is 11.5 Å². The molecule has 2 fully saturated rings. The fourth-order valence-electron chi connectivity index (χ4n) is 3.30. The molecule has 0 spiro atoms. The molecule has 2 aliphatic rings. The maximum Gasteiger partial charge on any atom is 0.315 e. The molecule has 0 aromatic heterocycles. The molecule has 1 saturated heterocycles. The number of rotatable bonds is 4. The van der Waals surface area contributed by atoms with Crippen LogP contribution in [0.5, 0.6) is 0 Å². The highest BCUT2D eigenvalue weighted by Crippen LogP contribution is 2.32. The minimum atomic E-state index is -0.841. The van der Waals surface area contributed by atoms with E-state index in [0.29, 0.717) is 0 Å². The van der Waals surface area contributed by atoms with E-state index in [0.717, 1.165) is 51.6 Å². The van der Waals surface area contributed by atoms with E-state index in [9.17, 15) is 9.59 Å². The van der Waals surface area contributed by atoms with Gasteiger partial charge in [-0.05, 0) is 45.8 Å². The lowest BCUT2D eigenvalue weighted by atomic mass is 9.93. The molecule has 1 aliphatic carbocycles. The van der Waals surface area contributed by atoms with Crippen LogP contribution in [0.25, 0.3) is 0 Å². The molecule has 3 N–H and O–H groups in total. The third kappa shape index (κ3) is 4.10. The Morgan fingerprint density at radius 2 is 1.85 bits per heavy atom. The van der Waals surface area contributed by atoms with E-state index in [4.69, 9.17) is 5.11 Å². The molecule has 2 rings (SSSR count). The van der Waals surface area contributed by atoms with Crippen molar-refractivity contribution in [3.63, 3.8) is 0 Å². The summed E-state index contributed by atoms with van der Waals surface area (Å²) in [7, 11) is 2.08. The number of hydrogen-bond acceptors (Lipinski definition) is 3. The monoisotopic (exact) mass is 283 g/mol. The summed E-state index contributed by atoms with van der Waals surface area (Å²) in [6.45, 7) is 1.98. The maximum absolute atomic E-state index is 12.1. The van der Waals surface area contributed by atoms with Gasteiger partial charge in [-0.25, -0.2) is 4.79 Å². The number of carboxylic acid groups (broad SMARTS) is 1. The van der Waals surface area contributed by atoms with Gasteiger partial charge in [0.25, 0.3) is 0 Å². The van der Waals surface area contributed by atoms with Gasteiger partial charge < -0.3 is 20.6 Å². The second-order valence-electron chi connectivity index (χ2n) is 6.23. The highest BCUT2D eigenvalue weighted by molar-refractivity contribution is 5.77.